The minimum absolute atomic E-state index is 0.0234. The zero-order chi connectivity index (χ0) is 33.3. The van der Waals surface area contributed by atoms with Gasteiger partial charge < -0.3 is 25.5 Å². The Morgan fingerprint density at radius 1 is 1.00 bits per heavy atom. The predicted molar refractivity (Wildman–Crippen MR) is 171 cm³/mol. The molecule has 0 aromatic rings. The first kappa shape index (κ1) is 39.7. The summed E-state index contributed by atoms with van der Waals surface area (Å²) in [6, 6.07) is -0.424. The third-order valence-electron chi connectivity index (χ3n) is 7.82. The van der Waals surface area contributed by atoms with E-state index in [1.807, 2.05) is 47.7 Å². The molecule has 0 aromatic carbocycles. The number of nitrogens with one attached hydrogen (secondary N) is 2. The van der Waals surface area contributed by atoms with Crippen molar-refractivity contribution in [2.75, 3.05) is 13.1 Å². The van der Waals surface area contributed by atoms with Crippen LogP contribution in [0.4, 0.5) is 4.79 Å². The molecule has 0 saturated heterocycles. The number of rotatable bonds is 16. The summed E-state index contributed by atoms with van der Waals surface area (Å²) in [6.07, 6.45) is 0.284. The topological polar surface area (TPSA) is 169 Å². The highest BCUT2D eigenvalue weighted by atomic mass is 28.3. The zero-order valence-electron chi connectivity index (χ0n) is 28.8. The fourth-order valence-corrected chi connectivity index (χ4v) is 6.29. The fraction of sp³-hybridized carbons (Fsp3) is 0.900. The lowest BCUT2D eigenvalue weighted by Gasteiger charge is -2.47. The Bertz CT molecular complexity index is 951. The molecule has 0 aliphatic carbocycles. The lowest BCUT2D eigenvalue weighted by Crippen LogP contribution is -2.60. The Morgan fingerprint density at radius 2 is 1.55 bits per heavy atom. The number of carbonyl (C=O) groups excluding carboxylic acids is 3. The summed E-state index contributed by atoms with van der Waals surface area (Å²) in [6.45, 7) is 27.5. The van der Waals surface area contributed by atoms with Crippen molar-refractivity contribution >= 4 is 26.9 Å². The van der Waals surface area contributed by atoms with Gasteiger partial charge in [0.1, 0.15) is 11.2 Å². The van der Waals surface area contributed by atoms with Crippen molar-refractivity contribution in [2.24, 2.45) is 45.3 Å². The molecule has 0 radical (unpaired) electrons. The Hall–Kier alpha value is -2.30. The molecule has 4 atom stereocenters. The molecule has 42 heavy (non-hydrogen) atoms. The van der Waals surface area contributed by atoms with Gasteiger partial charge in [0.15, 0.2) is 9.04 Å². The number of nitrogens with zero attached hydrogens (tertiary/aromatic N) is 3. The molecule has 0 fully saturated rings. The Kier molecular flexibility index (Phi) is 15.1. The first-order valence-corrected chi connectivity index (χ1v) is 17.9. The number of hydrogen-bond donors (Lipinski definition) is 3. The second kappa shape index (κ2) is 16.0. The van der Waals surface area contributed by atoms with Crippen LogP contribution in [0, 0.1) is 34.5 Å². The van der Waals surface area contributed by atoms with Gasteiger partial charge in [-0.05, 0) is 95.2 Å². The van der Waals surface area contributed by atoms with Gasteiger partial charge in [-0.25, -0.2) is 4.79 Å². The van der Waals surface area contributed by atoms with E-state index in [9.17, 15) is 14.4 Å². The van der Waals surface area contributed by atoms with Gasteiger partial charge in [0.2, 0.25) is 5.91 Å². The van der Waals surface area contributed by atoms with E-state index in [0.717, 1.165) is 0 Å². The van der Waals surface area contributed by atoms with E-state index in [2.05, 4.69) is 55.3 Å². The Labute approximate surface area is 256 Å². The first-order valence-electron chi connectivity index (χ1n) is 15.2. The molecule has 0 spiro atoms. The lowest BCUT2D eigenvalue weighted by molar-refractivity contribution is -0.146. The van der Waals surface area contributed by atoms with Crippen LogP contribution in [0.15, 0.2) is 5.11 Å². The van der Waals surface area contributed by atoms with Crippen LogP contribution in [0.3, 0.4) is 0 Å². The van der Waals surface area contributed by atoms with Crippen molar-refractivity contribution in [1.82, 2.24) is 10.6 Å². The molecule has 0 aliphatic heterocycles. The highest BCUT2D eigenvalue weighted by Crippen LogP contribution is 2.42. The summed E-state index contributed by atoms with van der Waals surface area (Å²) >= 11 is 0. The van der Waals surface area contributed by atoms with Crippen LogP contribution in [0.1, 0.15) is 95.9 Å². The molecule has 12 heteroatoms. The number of amides is 3. The highest BCUT2D eigenvalue weighted by molar-refractivity contribution is 6.48. The van der Waals surface area contributed by atoms with E-state index in [-0.39, 0.29) is 48.1 Å². The van der Waals surface area contributed by atoms with Crippen LogP contribution in [0.25, 0.3) is 10.4 Å². The molecular formula is C30H60N6O5Si. The normalized spacial score (nSPS) is 16.3. The Morgan fingerprint density at radius 3 is 1.93 bits per heavy atom. The van der Waals surface area contributed by atoms with E-state index in [1.54, 1.807) is 13.8 Å². The molecule has 0 rings (SSSR count). The van der Waals surface area contributed by atoms with Crippen molar-refractivity contribution < 1.29 is 23.5 Å². The molecule has 0 aliphatic rings. The quantitative estimate of drug-likeness (QED) is 0.0848. The van der Waals surface area contributed by atoms with Gasteiger partial charge in [-0.1, -0.05) is 53.6 Å². The first-order chi connectivity index (χ1) is 18.9. The van der Waals surface area contributed by atoms with Crippen LogP contribution in [-0.2, 0) is 18.8 Å². The lowest BCUT2D eigenvalue weighted by atomic mass is 9.66. The second-order valence-corrected chi connectivity index (χ2v) is 17.6. The number of alkyl carbamates (subject to hydrolysis) is 1. The maximum absolute atomic E-state index is 14.1. The molecule has 11 nitrogen and oxygen atoms in total. The van der Waals surface area contributed by atoms with Crippen molar-refractivity contribution in [3.8, 4) is 0 Å². The van der Waals surface area contributed by atoms with Gasteiger partial charge in [-0.15, -0.1) is 0 Å². The number of hydrogen-bond acceptors (Lipinski definition) is 6. The van der Waals surface area contributed by atoms with Gasteiger partial charge in [0.05, 0.1) is 5.41 Å². The molecule has 244 valence electrons. The SMILES string of the molecule is CC(C)[C@@H](CN=[N+]=[N-])C[C@H](NC(=O)OC(C)(C)C)[C@@H](C[C@@](O[SiH](C)C)(C(=O)NCC(C)(C)C(N)=O)C(C)C)C(C)(C)C. The molecule has 0 heterocycles. The second-order valence-electron chi connectivity index (χ2n) is 15.2. The number of nitrogens with two attached hydrogens (primary N) is 1. The van der Waals surface area contributed by atoms with Gasteiger partial charge in [-0.2, -0.15) is 0 Å². The molecule has 0 unspecified atom stereocenters. The summed E-state index contributed by atoms with van der Waals surface area (Å²) in [5, 5.41) is 9.96. The van der Waals surface area contributed by atoms with Gasteiger partial charge in [0, 0.05) is 24.0 Å². The molecule has 4 N–H and O–H groups in total. The largest absolute Gasteiger partial charge is 0.444 e. The third kappa shape index (κ3) is 12.9. The average Bonchev–Trinajstić information content (AvgIpc) is 2.79. The number of carbonyl (C=O) groups is 3. The minimum atomic E-state index is -1.78. The van der Waals surface area contributed by atoms with E-state index in [1.165, 1.54) is 0 Å². The molecule has 0 aromatic heterocycles. The smallest absolute Gasteiger partial charge is 0.407 e. The Balaban J connectivity index is 6.97. The van der Waals surface area contributed by atoms with Crippen LogP contribution < -0.4 is 16.4 Å². The fourth-order valence-electron chi connectivity index (χ4n) is 4.97. The zero-order valence-corrected chi connectivity index (χ0v) is 29.9. The van der Waals surface area contributed by atoms with Gasteiger partial charge in [-0.3, -0.25) is 9.59 Å². The monoisotopic (exact) mass is 612 g/mol. The van der Waals surface area contributed by atoms with E-state index in [4.69, 9.17) is 20.4 Å². The van der Waals surface area contributed by atoms with Crippen molar-refractivity contribution in [3.05, 3.63) is 10.4 Å². The number of primary amides is 1. The average molecular weight is 613 g/mol. The molecule has 0 saturated carbocycles. The third-order valence-corrected chi connectivity index (χ3v) is 8.72. The minimum Gasteiger partial charge on any atom is -0.444 e. The van der Waals surface area contributed by atoms with Crippen LogP contribution in [0.2, 0.25) is 13.1 Å². The molecule has 3 amide bonds. The number of azide groups is 1. The van der Waals surface area contributed by atoms with E-state index in [0.29, 0.717) is 12.8 Å². The summed E-state index contributed by atoms with van der Waals surface area (Å²) in [5.74, 6) is -1.13. The summed E-state index contributed by atoms with van der Waals surface area (Å²) in [7, 11) is -1.78. The van der Waals surface area contributed by atoms with Gasteiger partial charge >= 0.3 is 6.09 Å². The summed E-state index contributed by atoms with van der Waals surface area (Å²) < 4.78 is 12.3. The van der Waals surface area contributed by atoms with Crippen LogP contribution in [0.5, 0.6) is 0 Å². The summed E-state index contributed by atoms with van der Waals surface area (Å²) in [4.78, 5) is 42.3. The van der Waals surface area contributed by atoms with Crippen molar-refractivity contribution in [1.29, 1.82) is 0 Å². The standard InChI is InChI=1S/C30H60N6O5Si/c1-19(2)21(17-34-36-32)15-23(35-26(39)40-28(8,9)10)22(27(5,6)7)16-30(20(3)4,41-42(13)14)25(38)33-18-29(11,12)24(31)37/h19-23,42H,15-18H2,1-14H3,(H2,31,37)(H,33,38)(H,35,39)/t21-,22-,23+,30+/m1/s1. The maximum atomic E-state index is 14.1. The summed E-state index contributed by atoms with van der Waals surface area (Å²) in [5.41, 5.74) is 11.4. The number of ether oxygens (including phenoxy) is 1. The highest BCUT2D eigenvalue weighted by Gasteiger charge is 2.49. The molecular weight excluding hydrogens is 552 g/mol. The predicted octanol–water partition coefficient (Wildman–Crippen LogP) is 5.93. The molecule has 0 bridgehead atoms. The van der Waals surface area contributed by atoms with Crippen molar-refractivity contribution in [3.63, 3.8) is 0 Å². The van der Waals surface area contributed by atoms with E-state index >= 15 is 0 Å². The van der Waals surface area contributed by atoms with E-state index < -0.39 is 43.7 Å². The van der Waals surface area contributed by atoms with Crippen molar-refractivity contribution in [2.45, 2.75) is 126 Å². The van der Waals surface area contributed by atoms with Crippen LogP contribution in [-0.4, -0.2) is 57.3 Å². The maximum Gasteiger partial charge on any atom is 0.407 e. The van der Waals surface area contributed by atoms with Crippen LogP contribution >= 0.6 is 0 Å². The van der Waals surface area contributed by atoms with Gasteiger partial charge in [0.25, 0.3) is 5.91 Å².